The Hall–Kier alpha value is -4.35. The summed E-state index contributed by atoms with van der Waals surface area (Å²) in [7, 11) is 3.35. The van der Waals surface area contributed by atoms with Gasteiger partial charge in [-0.05, 0) is 24.3 Å². The van der Waals surface area contributed by atoms with Crippen LogP contribution in [0.25, 0.3) is 10.9 Å². The Morgan fingerprint density at radius 1 is 0.976 bits per heavy atom. The molecule has 0 fully saturated rings. The van der Waals surface area contributed by atoms with E-state index in [1.165, 1.54) is 6.92 Å². The maximum atomic E-state index is 12.7. The van der Waals surface area contributed by atoms with Gasteiger partial charge in [-0.1, -0.05) is 32.4 Å². The number of hydrogen-bond donors (Lipinski definition) is 3. The van der Waals surface area contributed by atoms with E-state index in [9.17, 15) is 9.59 Å². The van der Waals surface area contributed by atoms with Gasteiger partial charge in [0.1, 0.15) is 29.7 Å². The highest BCUT2D eigenvalue weighted by atomic mass is 35.5. The number of anilines is 3. The van der Waals surface area contributed by atoms with Crippen LogP contribution >= 0.6 is 11.6 Å². The highest BCUT2D eigenvalue weighted by Crippen LogP contribution is 2.37. The molecule has 41 heavy (non-hydrogen) atoms. The summed E-state index contributed by atoms with van der Waals surface area (Å²) in [5.41, 5.74) is 2.19. The lowest BCUT2D eigenvalue weighted by Gasteiger charge is -2.15. The quantitative estimate of drug-likeness (QED) is 0.197. The van der Waals surface area contributed by atoms with Crippen molar-refractivity contribution in [1.29, 1.82) is 0 Å². The topological polar surface area (TPSA) is 129 Å². The number of hydrogen-bond acceptors (Lipinski definition) is 7. The first-order valence-corrected chi connectivity index (χ1v) is 13.2. The number of amides is 3. The number of nitrogens with zero attached hydrogens (tertiary/aromatic N) is 3. The van der Waals surface area contributed by atoms with Crippen molar-refractivity contribution in [2.24, 2.45) is 7.05 Å². The molecule has 3 N–H and O–H groups in total. The molecule has 4 aromatic rings. The number of rotatable bonds is 9. The van der Waals surface area contributed by atoms with Gasteiger partial charge < -0.3 is 24.8 Å². The third kappa shape index (κ3) is 7.44. The van der Waals surface area contributed by atoms with Crippen LogP contribution in [-0.2, 0) is 22.0 Å². The Balaban J connectivity index is 1.52. The largest absolute Gasteiger partial charge is 0.489 e. The standard InChI is InChI=1S/C29H33ClN6O5/c1-17(37)32-23-14-19-22(15-25(23)40-12-11-39-6)31-10-9-24(19)41-18-7-8-21(20(30)13-18)33-28(38)34-27-16-26(29(2,3)4)35-36(27)5/h7-10,13-16H,11-12H2,1-6H3,(H,32,37)(H2,33,34,38). The smallest absolute Gasteiger partial charge is 0.324 e. The van der Waals surface area contributed by atoms with Gasteiger partial charge in [-0.25, -0.2) is 4.79 Å². The number of methoxy groups -OCH3 is 1. The Bertz CT molecular complexity index is 1580. The van der Waals surface area contributed by atoms with E-state index in [1.54, 1.807) is 61.4 Å². The number of aromatic nitrogens is 3. The van der Waals surface area contributed by atoms with Gasteiger partial charge in [0.05, 0.1) is 34.2 Å². The predicted molar refractivity (Wildman–Crippen MR) is 159 cm³/mol. The molecule has 4 rings (SSSR count). The number of carbonyl (C=O) groups is 2. The zero-order valence-corrected chi connectivity index (χ0v) is 24.5. The van der Waals surface area contributed by atoms with Crippen LogP contribution in [0.15, 0.2) is 48.7 Å². The molecule has 12 heteroatoms. The highest BCUT2D eigenvalue weighted by molar-refractivity contribution is 6.34. The van der Waals surface area contributed by atoms with E-state index in [1.807, 2.05) is 6.07 Å². The maximum absolute atomic E-state index is 12.7. The van der Waals surface area contributed by atoms with Crippen molar-refractivity contribution < 1.29 is 23.8 Å². The fourth-order valence-electron chi connectivity index (χ4n) is 3.89. The summed E-state index contributed by atoms with van der Waals surface area (Å²) in [6, 6.07) is 11.5. The van der Waals surface area contributed by atoms with E-state index in [4.69, 9.17) is 25.8 Å². The molecule has 0 radical (unpaired) electrons. The van der Waals surface area contributed by atoms with E-state index in [-0.39, 0.29) is 16.3 Å². The van der Waals surface area contributed by atoms with Crippen LogP contribution in [0.2, 0.25) is 5.02 Å². The fourth-order valence-corrected chi connectivity index (χ4v) is 4.11. The minimum atomic E-state index is -0.460. The van der Waals surface area contributed by atoms with E-state index in [0.717, 1.165) is 5.69 Å². The number of carbonyl (C=O) groups excluding carboxylic acids is 2. The van der Waals surface area contributed by atoms with Crippen molar-refractivity contribution >= 4 is 51.6 Å². The van der Waals surface area contributed by atoms with Crippen LogP contribution in [0, 0.1) is 0 Å². The maximum Gasteiger partial charge on any atom is 0.324 e. The van der Waals surface area contributed by atoms with Gasteiger partial charge in [-0.15, -0.1) is 0 Å². The van der Waals surface area contributed by atoms with E-state index in [2.05, 4.69) is 46.8 Å². The molecule has 0 aliphatic carbocycles. The van der Waals surface area contributed by atoms with E-state index < -0.39 is 6.03 Å². The summed E-state index contributed by atoms with van der Waals surface area (Å²) in [5, 5.41) is 13.7. The number of urea groups is 1. The summed E-state index contributed by atoms with van der Waals surface area (Å²) < 4.78 is 18.6. The van der Waals surface area contributed by atoms with Crippen LogP contribution in [0.4, 0.5) is 22.0 Å². The molecule has 0 atom stereocenters. The molecule has 0 saturated carbocycles. The number of aryl methyl sites for hydroxylation is 1. The summed E-state index contributed by atoms with van der Waals surface area (Å²) in [4.78, 5) is 28.9. The number of benzene rings is 2. The number of nitrogens with one attached hydrogen (secondary N) is 3. The van der Waals surface area contributed by atoms with Crippen molar-refractivity contribution in [1.82, 2.24) is 14.8 Å². The molecule has 0 bridgehead atoms. The lowest BCUT2D eigenvalue weighted by molar-refractivity contribution is -0.114. The molecule has 0 unspecified atom stereocenters. The normalized spacial score (nSPS) is 11.3. The summed E-state index contributed by atoms with van der Waals surface area (Å²) in [6.45, 7) is 8.27. The molecule has 3 amide bonds. The van der Waals surface area contributed by atoms with Crippen LogP contribution in [0.1, 0.15) is 33.4 Å². The highest BCUT2D eigenvalue weighted by Gasteiger charge is 2.20. The average Bonchev–Trinajstić information content (AvgIpc) is 3.26. The van der Waals surface area contributed by atoms with Gasteiger partial charge in [-0.2, -0.15) is 5.10 Å². The fraction of sp³-hybridized carbons (Fsp3) is 0.310. The third-order valence-electron chi connectivity index (χ3n) is 5.97. The van der Waals surface area contributed by atoms with Crippen molar-refractivity contribution in [3.63, 3.8) is 0 Å². The second-order valence-electron chi connectivity index (χ2n) is 10.3. The molecule has 11 nitrogen and oxygen atoms in total. The van der Waals surface area contributed by atoms with Gasteiger partial charge in [0.15, 0.2) is 0 Å². The van der Waals surface area contributed by atoms with Crippen LogP contribution in [0.3, 0.4) is 0 Å². The van der Waals surface area contributed by atoms with Gasteiger partial charge in [0.25, 0.3) is 0 Å². The first-order valence-electron chi connectivity index (χ1n) is 12.9. The summed E-state index contributed by atoms with van der Waals surface area (Å²) in [6.07, 6.45) is 1.61. The van der Waals surface area contributed by atoms with Gasteiger partial charge in [0, 0.05) is 56.3 Å². The van der Waals surface area contributed by atoms with E-state index in [0.29, 0.717) is 58.6 Å². The van der Waals surface area contributed by atoms with Crippen LogP contribution in [0.5, 0.6) is 17.2 Å². The SMILES string of the molecule is COCCOc1cc2nccc(Oc3ccc(NC(=O)Nc4cc(C(C)(C)C)nn4C)c(Cl)c3)c2cc1NC(C)=O. The van der Waals surface area contributed by atoms with Crippen molar-refractivity contribution in [3.8, 4) is 17.2 Å². The Kier molecular flexibility index (Phi) is 8.99. The number of halogens is 1. The lowest BCUT2D eigenvalue weighted by Crippen LogP contribution is -2.21. The van der Waals surface area contributed by atoms with Crippen molar-refractivity contribution in [2.45, 2.75) is 33.1 Å². The average molecular weight is 581 g/mol. The van der Waals surface area contributed by atoms with Gasteiger partial charge >= 0.3 is 6.03 Å². The predicted octanol–water partition coefficient (Wildman–Crippen LogP) is 6.34. The first-order chi connectivity index (χ1) is 19.4. The minimum Gasteiger partial charge on any atom is -0.489 e. The summed E-state index contributed by atoms with van der Waals surface area (Å²) in [5.74, 6) is 1.71. The zero-order chi connectivity index (χ0) is 29.7. The van der Waals surface area contributed by atoms with Crippen molar-refractivity contribution in [3.05, 3.63) is 59.4 Å². The minimum absolute atomic E-state index is 0.154. The number of pyridine rings is 1. The molecule has 2 aromatic carbocycles. The molecule has 0 aliphatic rings. The number of fused-ring (bicyclic) bond motifs is 1. The summed E-state index contributed by atoms with van der Waals surface area (Å²) >= 11 is 6.49. The van der Waals surface area contributed by atoms with Gasteiger partial charge in [0.2, 0.25) is 5.91 Å². The van der Waals surface area contributed by atoms with E-state index >= 15 is 0 Å². The monoisotopic (exact) mass is 580 g/mol. The Morgan fingerprint density at radius 3 is 2.41 bits per heavy atom. The molecule has 216 valence electrons. The van der Waals surface area contributed by atoms with Crippen LogP contribution in [-0.4, -0.2) is 47.0 Å². The Labute approximate surface area is 243 Å². The molecule has 0 aliphatic heterocycles. The third-order valence-corrected chi connectivity index (χ3v) is 6.28. The van der Waals surface area contributed by atoms with Gasteiger partial charge in [-0.3, -0.25) is 19.8 Å². The molecular weight excluding hydrogens is 548 g/mol. The first kappa shape index (κ1) is 29.6. The molecule has 2 aromatic heterocycles. The van der Waals surface area contributed by atoms with Crippen molar-refractivity contribution in [2.75, 3.05) is 36.3 Å². The molecule has 0 saturated heterocycles. The Morgan fingerprint density at radius 2 is 1.76 bits per heavy atom. The molecule has 0 spiro atoms. The van der Waals surface area contributed by atoms with Crippen LogP contribution < -0.4 is 25.4 Å². The molecular formula is C29H33ClN6O5. The molecule has 2 heterocycles. The number of ether oxygens (including phenoxy) is 3. The second kappa shape index (κ2) is 12.4. The zero-order valence-electron chi connectivity index (χ0n) is 23.8. The lowest BCUT2D eigenvalue weighted by atomic mass is 9.92. The second-order valence-corrected chi connectivity index (χ2v) is 10.7.